The highest BCUT2D eigenvalue weighted by Gasteiger charge is 2.71. The molecule has 0 bridgehead atoms. The van der Waals surface area contributed by atoms with Crippen LogP contribution in [-0.4, -0.2) is 24.0 Å². The second kappa shape index (κ2) is 6.93. The van der Waals surface area contributed by atoms with Crippen LogP contribution in [0.5, 0.6) is 0 Å². The highest BCUT2D eigenvalue weighted by Crippen LogP contribution is 2.69. The molecule has 5 rings (SSSR count). The quantitative estimate of drug-likeness (QED) is 0.807. The summed E-state index contributed by atoms with van der Waals surface area (Å²) in [5.41, 5.74) is 2.82. The molecule has 0 radical (unpaired) electrons. The van der Waals surface area contributed by atoms with Crippen molar-refractivity contribution in [2.24, 2.45) is 11.3 Å². The smallest absolute Gasteiger partial charge is 0.238 e. The van der Waals surface area contributed by atoms with E-state index in [-0.39, 0.29) is 17.5 Å². The van der Waals surface area contributed by atoms with Crippen molar-refractivity contribution in [3.05, 3.63) is 59.4 Å². The van der Waals surface area contributed by atoms with Crippen LogP contribution in [0.2, 0.25) is 0 Å². The summed E-state index contributed by atoms with van der Waals surface area (Å²) in [7, 11) is 0. The van der Waals surface area contributed by atoms with E-state index in [2.05, 4.69) is 16.7 Å². The van der Waals surface area contributed by atoms with Crippen molar-refractivity contribution >= 4 is 5.91 Å². The molecule has 1 saturated heterocycles. The van der Waals surface area contributed by atoms with Gasteiger partial charge in [0.2, 0.25) is 5.91 Å². The molecule has 2 saturated carbocycles. The molecular weight excluding hydrogens is 379 g/mol. The summed E-state index contributed by atoms with van der Waals surface area (Å²) in [4.78, 5) is 12.7. The third kappa shape index (κ3) is 2.96. The number of carbonyl (C=O) groups is 1. The number of benzene rings is 2. The average Bonchev–Trinajstić information content (AvgIpc) is 3.44. The number of nitrogens with one attached hydrogen (secondary N) is 2. The van der Waals surface area contributed by atoms with Gasteiger partial charge in [-0.15, -0.1) is 0 Å². The minimum atomic E-state index is -0.592. The van der Waals surface area contributed by atoms with Crippen LogP contribution in [0.3, 0.4) is 0 Å². The van der Waals surface area contributed by atoms with Gasteiger partial charge in [0.05, 0.1) is 17.7 Å². The molecular formula is C24H21FN4O. The molecule has 1 spiro atoms. The average molecular weight is 400 g/mol. The standard InChI is InChI=1S/C24H21FN4O/c25-20-10-16(5-6-17(20)12-26)15-3-1-14(2-4-15)9-18(13-27)28-23(30)22-19-7-8-24(19)11-21(24)29-22/h1-6,10,18-19,21-22,29H,7-9,11H2,(H,28,30)/t18-,19?,21+,22-,24?/m0/s1. The molecule has 2 aliphatic carbocycles. The Balaban J connectivity index is 1.22. The molecule has 1 aliphatic heterocycles. The maximum absolute atomic E-state index is 13.9. The summed E-state index contributed by atoms with van der Waals surface area (Å²) in [6.45, 7) is 0. The summed E-state index contributed by atoms with van der Waals surface area (Å²) >= 11 is 0. The van der Waals surface area contributed by atoms with Gasteiger partial charge in [-0.05, 0) is 59.4 Å². The predicted octanol–water partition coefficient (Wildman–Crippen LogP) is 3.06. The van der Waals surface area contributed by atoms with Gasteiger partial charge < -0.3 is 10.6 Å². The number of piperidine rings is 1. The van der Waals surface area contributed by atoms with Gasteiger partial charge in [-0.25, -0.2) is 4.39 Å². The van der Waals surface area contributed by atoms with Gasteiger partial charge in [-0.3, -0.25) is 4.79 Å². The third-order valence-corrected chi connectivity index (χ3v) is 7.13. The number of nitrogens with zero attached hydrogens (tertiary/aromatic N) is 2. The number of carbonyl (C=O) groups excluding carboxylic acids is 1. The topological polar surface area (TPSA) is 88.7 Å². The van der Waals surface area contributed by atoms with Crippen molar-refractivity contribution in [2.75, 3.05) is 0 Å². The summed E-state index contributed by atoms with van der Waals surface area (Å²) in [6, 6.07) is 15.7. The fourth-order valence-corrected chi connectivity index (χ4v) is 5.25. The highest BCUT2D eigenvalue weighted by atomic mass is 19.1. The Morgan fingerprint density at radius 2 is 2.00 bits per heavy atom. The van der Waals surface area contributed by atoms with Crippen LogP contribution < -0.4 is 10.6 Å². The molecule has 2 aromatic carbocycles. The molecule has 6 heteroatoms. The van der Waals surface area contributed by atoms with E-state index in [0.717, 1.165) is 17.5 Å². The predicted molar refractivity (Wildman–Crippen MR) is 108 cm³/mol. The van der Waals surface area contributed by atoms with Crippen molar-refractivity contribution < 1.29 is 9.18 Å². The molecule has 1 heterocycles. The fourth-order valence-electron chi connectivity index (χ4n) is 5.25. The van der Waals surface area contributed by atoms with Crippen LogP contribution in [-0.2, 0) is 11.2 Å². The lowest BCUT2D eigenvalue weighted by molar-refractivity contribution is -0.125. The van der Waals surface area contributed by atoms with Gasteiger partial charge in [0, 0.05) is 12.5 Å². The zero-order valence-electron chi connectivity index (χ0n) is 16.4. The van der Waals surface area contributed by atoms with E-state index in [1.54, 1.807) is 6.07 Å². The number of hydrogen-bond acceptors (Lipinski definition) is 4. The summed E-state index contributed by atoms with van der Waals surface area (Å²) in [5, 5.41) is 24.7. The first-order chi connectivity index (χ1) is 14.5. The van der Waals surface area contributed by atoms with E-state index >= 15 is 0 Å². The van der Waals surface area contributed by atoms with Crippen molar-refractivity contribution in [3.8, 4) is 23.3 Å². The molecule has 3 fully saturated rings. The Bertz CT molecular complexity index is 1100. The molecule has 30 heavy (non-hydrogen) atoms. The van der Waals surface area contributed by atoms with Crippen LogP contribution in [0.1, 0.15) is 30.4 Å². The van der Waals surface area contributed by atoms with Crippen molar-refractivity contribution in [3.63, 3.8) is 0 Å². The summed E-state index contributed by atoms with van der Waals surface area (Å²) in [6.07, 6.45) is 3.92. The monoisotopic (exact) mass is 400 g/mol. The largest absolute Gasteiger partial charge is 0.339 e. The minimum absolute atomic E-state index is 0.0184. The molecule has 2 unspecified atom stereocenters. The highest BCUT2D eigenvalue weighted by molar-refractivity contribution is 5.84. The van der Waals surface area contributed by atoms with Crippen LogP contribution in [0.15, 0.2) is 42.5 Å². The Hall–Kier alpha value is -3.22. The molecule has 2 N–H and O–H groups in total. The maximum Gasteiger partial charge on any atom is 0.238 e. The van der Waals surface area contributed by atoms with Crippen molar-refractivity contribution in [1.29, 1.82) is 10.5 Å². The van der Waals surface area contributed by atoms with E-state index < -0.39 is 11.9 Å². The van der Waals surface area contributed by atoms with E-state index in [1.807, 2.05) is 30.3 Å². The normalized spacial score (nSPS) is 28.8. The lowest BCUT2D eigenvalue weighted by atomic mass is 9.68. The maximum atomic E-state index is 13.9. The van der Waals surface area contributed by atoms with E-state index in [9.17, 15) is 14.4 Å². The number of rotatable bonds is 5. The van der Waals surface area contributed by atoms with Gasteiger partial charge in [-0.1, -0.05) is 30.3 Å². The summed E-state index contributed by atoms with van der Waals surface area (Å²) in [5.74, 6) is -0.186. The molecule has 0 aromatic heterocycles. The van der Waals surface area contributed by atoms with Gasteiger partial charge in [0.15, 0.2) is 0 Å². The second-order valence-electron chi connectivity index (χ2n) is 8.68. The third-order valence-electron chi connectivity index (χ3n) is 7.13. The molecule has 5 nitrogen and oxygen atoms in total. The fraction of sp³-hybridized carbons (Fsp3) is 0.375. The van der Waals surface area contributed by atoms with Crippen LogP contribution in [0, 0.1) is 39.8 Å². The molecule has 3 aliphatic rings. The Kier molecular flexibility index (Phi) is 4.34. The summed E-state index contributed by atoms with van der Waals surface area (Å²) < 4.78 is 13.9. The first-order valence-corrected chi connectivity index (χ1v) is 10.3. The van der Waals surface area contributed by atoms with Crippen molar-refractivity contribution in [1.82, 2.24) is 10.6 Å². The Morgan fingerprint density at radius 1 is 1.23 bits per heavy atom. The van der Waals surface area contributed by atoms with Gasteiger partial charge in [0.25, 0.3) is 0 Å². The number of halogens is 1. The van der Waals surface area contributed by atoms with Crippen LogP contribution >= 0.6 is 0 Å². The molecule has 2 aromatic rings. The van der Waals surface area contributed by atoms with E-state index in [0.29, 0.717) is 29.4 Å². The number of nitriles is 2. The van der Waals surface area contributed by atoms with Gasteiger partial charge >= 0.3 is 0 Å². The first kappa shape index (κ1) is 18.8. The van der Waals surface area contributed by atoms with Crippen molar-refractivity contribution in [2.45, 2.75) is 43.8 Å². The minimum Gasteiger partial charge on any atom is -0.339 e. The molecule has 150 valence electrons. The zero-order valence-corrected chi connectivity index (χ0v) is 16.4. The number of amides is 1. The SMILES string of the molecule is N#Cc1ccc(-c2ccc(C[C@@H](C#N)NC(=O)[C@H]3N[C@@H]4CC45CCC35)cc2)cc1F. The van der Waals surface area contributed by atoms with Crippen LogP contribution in [0.4, 0.5) is 4.39 Å². The first-order valence-electron chi connectivity index (χ1n) is 10.3. The van der Waals surface area contributed by atoms with E-state index in [4.69, 9.17) is 5.26 Å². The lowest BCUT2D eigenvalue weighted by Gasteiger charge is -2.37. The molecule has 5 atom stereocenters. The lowest BCUT2D eigenvalue weighted by Crippen LogP contribution is -2.51. The number of hydrogen-bond donors (Lipinski definition) is 2. The second-order valence-corrected chi connectivity index (χ2v) is 8.68. The van der Waals surface area contributed by atoms with Crippen LogP contribution in [0.25, 0.3) is 11.1 Å². The van der Waals surface area contributed by atoms with Gasteiger partial charge in [0.1, 0.15) is 17.9 Å². The Labute approximate surface area is 174 Å². The van der Waals surface area contributed by atoms with Gasteiger partial charge in [-0.2, -0.15) is 10.5 Å². The Morgan fingerprint density at radius 3 is 2.60 bits per heavy atom. The van der Waals surface area contributed by atoms with E-state index in [1.165, 1.54) is 25.0 Å². The zero-order chi connectivity index (χ0) is 20.9. The molecule has 1 amide bonds.